The number of benzene rings is 1. The number of sulfonamides is 1. The summed E-state index contributed by atoms with van der Waals surface area (Å²) in [5.74, 6) is -2.86. The predicted molar refractivity (Wildman–Crippen MR) is 95.6 cm³/mol. The Labute approximate surface area is 186 Å². The number of carbonyl (C=O) groups excluding carboxylic acids is 1. The van der Waals surface area contributed by atoms with Gasteiger partial charge in [0.15, 0.2) is 10.4 Å². The van der Waals surface area contributed by atoms with E-state index in [1.54, 1.807) is 5.38 Å². The van der Waals surface area contributed by atoms with Crippen LogP contribution in [0.4, 0.5) is 10.8 Å². The van der Waals surface area contributed by atoms with Gasteiger partial charge in [-0.25, -0.2) is 13.4 Å². The summed E-state index contributed by atoms with van der Waals surface area (Å²) in [5.41, 5.74) is 0.104. The van der Waals surface area contributed by atoms with Crippen LogP contribution in [0, 0.1) is 0 Å². The first-order valence-electron chi connectivity index (χ1n) is 7.00. The average Bonchev–Trinajstić information content (AvgIpc) is 3.04. The summed E-state index contributed by atoms with van der Waals surface area (Å²) in [6, 6.07) is 4.83. The van der Waals surface area contributed by atoms with Crippen LogP contribution in [0.1, 0.15) is 6.42 Å². The van der Waals surface area contributed by atoms with Gasteiger partial charge in [-0.3, -0.25) is 18.9 Å². The third-order valence-electron chi connectivity index (χ3n) is 3.11. The number of nitrogens with one attached hydrogen (secondary N) is 2. The smallest absolute Gasteiger partial charge is 0.480 e. The van der Waals surface area contributed by atoms with Crippen molar-refractivity contribution in [3.8, 4) is 0 Å². The van der Waals surface area contributed by atoms with Gasteiger partial charge in [-0.1, -0.05) is 0 Å². The van der Waals surface area contributed by atoms with Crippen molar-refractivity contribution in [1.82, 2.24) is 4.98 Å². The zero-order valence-corrected chi connectivity index (χ0v) is 18.7. The van der Waals surface area contributed by atoms with E-state index in [-0.39, 0.29) is 45.3 Å². The average molecular weight is 458 g/mol. The second-order valence-electron chi connectivity index (χ2n) is 5.06. The molecule has 0 fully saturated rings. The number of amides is 1. The van der Waals surface area contributed by atoms with Crippen LogP contribution < -0.4 is 39.6 Å². The fourth-order valence-corrected chi connectivity index (χ4v) is 4.27. The molecule has 1 heterocycles. The second kappa shape index (κ2) is 9.78. The number of rotatable bonds is 8. The largest absolute Gasteiger partial charge is 1.00 e. The fraction of sp³-hybridized carbons (Fsp3) is 0.154. The fourth-order valence-electron chi connectivity index (χ4n) is 1.87. The number of nitrogens with zero attached hydrogens (tertiary/aromatic N) is 1. The van der Waals surface area contributed by atoms with Crippen molar-refractivity contribution in [1.29, 1.82) is 0 Å². The normalized spacial score (nSPS) is 12.5. The summed E-state index contributed by atoms with van der Waals surface area (Å²) < 4.78 is 57.4. The quantitative estimate of drug-likeness (QED) is 0.248. The van der Waals surface area contributed by atoms with E-state index in [0.29, 0.717) is 0 Å². The first kappa shape index (κ1) is 24.5. The summed E-state index contributed by atoms with van der Waals surface area (Å²) in [6.45, 7) is 0. The van der Waals surface area contributed by atoms with Gasteiger partial charge in [0.25, 0.3) is 20.1 Å². The van der Waals surface area contributed by atoms with E-state index in [0.717, 1.165) is 11.3 Å². The number of aromatic nitrogens is 1. The van der Waals surface area contributed by atoms with Gasteiger partial charge in [-0.2, -0.15) is 8.42 Å². The standard InChI is InChI=1S/C13H13N3O8S3.Na/c17-11(7-10(12(18)19)27(22,23)24)15-8-1-3-9(4-2-8)26(20,21)16-13-14-5-6-25-13;/h1-6,10H,7H2,(H,14,16)(H,15,17)(H,18,19)(H,22,23,24);/q;+1. The molecule has 2 aromatic rings. The molecule has 0 saturated heterocycles. The molecule has 146 valence electrons. The van der Waals surface area contributed by atoms with E-state index in [1.165, 1.54) is 30.5 Å². The zero-order valence-electron chi connectivity index (χ0n) is 14.3. The minimum Gasteiger partial charge on any atom is -0.480 e. The van der Waals surface area contributed by atoms with Crippen LogP contribution in [0.2, 0.25) is 0 Å². The van der Waals surface area contributed by atoms with Crippen LogP contribution in [-0.2, 0) is 29.7 Å². The van der Waals surface area contributed by atoms with E-state index < -0.39 is 43.7 Å². The Hall–Kier alpha value is -1.55. The SMILES string of the molecule is O=C(CC(C(=O)O)S(=O)(=O)O)Nc1ccc(S(=O)(=O)Nc2nccs2)cc1.[Na+]. The molecule has 0 saturated carbocycles. The van der Waals surface area contributed by atoms with Crippen LogP contribution in [0.3, 0.4) is 0 Å². The maximum absolute atomic E-state index is 12.2. The van der Waals surface area contributed by atoms with Crippen LogP contribution in [-0.4, -0.2) is 48.6 Å². The molecule has 1 aromatic carbocycles. The third-order valence-corrected chi connectivity index (χ3v) is 6.37. The van der Waals surface area contributed by atoms with Crippen molar-refractivity contribution in [3.63, 3.8) is 0 Å². The summed E-state index contributed by atoms with van der Waals surface area (Å²) in [6.07, 6.45) is 0.415. The Morgan fingerprint density at radius 2 is 1.75 bits per heavy atom. The van der Waals surface area contributed by atoms with Crippen LogP contribution >= 0.6 is 11.3 Å². The molecule has 0 spiro atoms. The Balaban J connectivity index is 0.00000392. The molecule has 0 radical (unpaired) electrons. The molecule has 28 heavy (non-hydrogen) atoms. The van der Waals surface area contributed by atoms with Gasteiger partial charge in [0.05, 0.1) is 11.3 Å². The number of carboxylic acids is 1. The van der Waals surface area contributed by atoms with Gasteiger partial charge >= 0.3 is 35.5 Å². The van der Waals surface area contributed by atoms with Crippen molar-refractivity contribution >= 4 is 54.2 Å². The molecule has 0 aliphatic heterocycles. The van der Waals surface area contributed by atoms with E-state index in [4.69, 9.17) is 9.66 Å². The predicted octanol–water partition coefficient (Wildman–Crippen LogP) is -2.38. The topological polar surface area (TPSA) is 180 Å². The summed E-state index contributed by atoms with van der Waals surface area (Å²) in [4.78, 5) is 26.3. The number of hydrogen-bond acceptors (Lipinski definition) is 8. The van der Waals surface area contributed by atoms with Crippen molar-refractivity contribution in [2.45, 2.75) is 16.6 Å². The minimum atomic E-state index is -4.96. The zero-order chi connectivity index (χ0) is 20.2. The van der Waals surface area contributed by atoms with Gasteiger partial charge in [0.2, 0.25) is 5.91 Å². The van der Waals surface area contributed by atoms with Crippen LogP contribution in [0.25, 0.3) is 0 Å². The summed E-state index contributed by atoms with van der Waals surface area (Å²) >= 11 is 1.09. The molecule has 1 unspecified atom stereocenters. The molecule has 1 atom stereocenters. The van der Waals surface area contributed by atoms with Crippen molar-refractivity contribution in [3.05, 3.63) is 35.8 Å². The molecule has 1 amide bonds. The Morgan fingerprint density at radius 1 is 1.14 bits per heavy atom. The number of anilines is 2. The minimum absolute atomic E-state index is 0. The number of carbonyl (C=O) groups is 2. The van der Waals surface area contributed by atoms with Gasteiger partial charge < -0.3 is 10.4 Å². The number of aliphatic carboxylic acids is 1. The van der Waals surface area contributed by atoms with Gasteiger partial charge in [-0.05, 0) is 24.3 Å². The first-order valence-corrected chi connectivity index (χ1v) is 10.9. The van der Waals surface area contributed by atoms with Gasteiger partial charge in [-0.15, -0.1) is 11.3 Å². The molecule has 4 N–H and O–H groups in total. The van der Waals surface area contributed by atoms with Crippen molar-refractivity contribution < 1.29 is 65.6 Å². The monoisotopic (exact) mass is 458 g/mol. The van der Waals surface area contributed by atoms with Crippen LogP contribution in [0.15, 0.2) is 40.7 Å². The molecule has 0 aliphatic carbocycles. The maximum Gasteiger partial charge on any atom is 1.00 e. The van der Waals surface area contributed by atoms with Crippen molar-refractivity contribution in [2.75, 3.05) is 10.0 Å². The number of thiazole rings is 1. The van der Waals surface area contributed by atoms with E-state index in [2.05, 4.69) is 15.0 Å². The van der Waals surface area contributed by atoms with Crippen molar-refractivity contribution in [2.24, 2.45) is 0 Å². The molecule has 11 nitrogen and oxygen atoms in total. The van der Waals surface area contributed by atoms with E-state index >= 15 is 0 Å². The third kappa shape index (κ3) is 6.80. The molecular formula is C13H13N3NaO8S3+. The Kier molecular flexibility index (Phi) is 8.55. The van der Waals surface area contributed by atoms with Gasteiger partial charge in [0, 0.05) is 17.3 Å². The molecular weight excluding hydrogens is 445 g/mol. The maximum atomic E-state index is 12.2. The summed E-state index contributed by atoms with van der Waals surface area (Å²) in [7, 11) is -8.84. The first-order chi connectivity index (χ1) is 12.5. The van der Waals surface area contributed by atoms with E-state index in [9.17, 15) is 26.4 Å². The Bertz CT molecular complexity index is 1040. The van der Waals surface area contributed by atoms with Gasteiger partial charge in [0.1, 0.15) is 0 Å². The molecule has 0 aliphatic rings. The molecule has 15 heteroatoms. The molecule has 1 aromatic heterocycles. The second-order valence-corrected chi connectivity index (χ2v) is 9.24. The number of hydrogen-bond donors (Lipinski definition) is 4. The Morgan fingerprint density at radius 3 is 2.21 bits per heavy atom. The number of carboxylic acid groups (broad SMARTS) is 1. The van der Waals surface area contributed by atoms with E-state index in [1.807, 2.05) is 0 Å². The molecule has 0 bridgehead atoms. The van der Waals surface area contributed by atoms with Crippen LogP contribution in [0.5, 0.6) is 0 Å². The molecule has 2 rings (SSSR count). The summed E-state index contributed by atoms with van der Waals surface area (Å²) in [5, 5.41) is 10.4.